The summed E-state index contributed by atoms with van der Waals surface area (Å²) in [6, 6.07) is 0. The number of rotatable bonds is 7. The third-order valence-electron chi connectivity index (χ3n) is 3.54. The monoisotopic (exact) mass is 226 g/mol. The summed E-state index contributed by atoms with van der Waals surface area (Å²) in [6.45, 7) is 13.3. The molecule has 1 saturated heterocycles. The Kier molecular flexibility index (Phi) is 7.06. The predicted octanol–water partition coefficient (Wildman–Crippen LogP) is 2.74. The van der Waals surface area contributed by atoms with E-state index < -0.39 is 0 Å². The third kappa shape index (κ3) is 5.86. The maximum absolute atomic E-state index is 3.45. The molecule has 0 bridgehead atoms. The minimum absolute atomic E-state index is 0.840. The van der Waals surface area contributed by atoms with Crippen molar-refractivity contribution in [3.05, 3.63) is 0 Å². The Morgan fingerprint density at radius 3 is 2.44 bits per heavy atom. The lowest BCUT2D eigenvalue weighted by Crippen LogP contribution is -2.37. The van der Waals surface area contributed by atoms with Gasteiger partial charge in [-0.1, -0.05) is 20.8 Å². The summed E-state index contributed by atoms with van der Waals surface area (Å²) in [5.41, 5.74) is 0. The molecule has 0 unspecified atom stereocenters. The van der Waals surface area contributed by atoms with Gasteiger partial charge in [-0.2, -0.15) is 0 Å². The Balaban J connectivity index is 2.25. The van der Waals surface area contributed by atoms with Gasteiger partial charge in [0.25, 0.3) is 0 Å². The Labute approximate surface area is 102 Å². The average molecular weight is 226 g/mol. The first-order valence-corrected chi connectivity index (χ1v) is 7.15. The number of piperidine rings is 1. The summed E-state index contributed by atoms with van der Waals surface area (Å²) in [6.07, 6.45) is 5.40. The van der Waals surface area contributed by atoms with E-state index in [0.717, 1.165) is 11.8 Å². The van der Waals surface area contributed by atoms with Gasteiger partial charge in [-0.15, -0.1) is 0 Å². The molecule has 16 heavy (non-hydrogen) atoms. The molecule has 1 aliphatic rings. The van der Waals surface area contributed by atoms with Crippen molar-refractivity contribution in [3.63, 3.8) is 0 Å². The zero-order valence-corrected chi connectivity index (χ0v) is 11.5. The minimum Gasteiger partial charge on any atom is -0.317 e. The van der Waals surface area contributed by atoms with E-state index in [1.165, 1.54) is 58.4 Å². The molecule has 1 aliphatic heterocycles. The molecule has 0 amide bonds. The molecule has 1 heterocycles. The van der Waals surface area contributed by atoms with Crippen LogP contribution in [-0.2, 0) is 0 Å². The van der Waals surface area contributed by atoms with Crippen LogP contribution >= 0.6 is 0 Å². The highest BCUT2D eigenvalue weighted by Gasteiger charge is 2.16. The van der Waals surface area contributed by atoms with E-state index in [-0.39, 0.29) is 0 Å². The SMILES string of the molecule is CCCN(CCC(C)C)CC1CCNCC1. The molecule has 0 atom stereocenters. The van der Waals surface area contributed by atoms with E-state index in [2.05, 4.69) is 31.0 Å². The molecule has 0 aromatic carbocycles. The Morgan fingerprint density at radius 2 is 1.88 bits per heavy atom. The topological polar surface area (TPSA) is 15.3 Å². The van der Waals surface area contributed by atoms with Crippen molar-refractivity contribution in [2.75, 3.05) is 32.7 Å². The van der Waals surface area contributed by atoms with Crippen molar-refractivity contribution in [3.8, 4) is 0 Å². The maximum Gasteiger partial charge on any atom is 0.00106 e. The van der Waals surface area contributed by atoms with E-state index in [1.807, 2.05) is 0 Å². The van der Waals surface area contributed by atoms with E-state index in [9.17, 15) is 0 Å². The molecule has 1 rings (SSSR count). The summed E-state index contributed by atoms with van der Waals surface area (Å²) in [4.78, 5) is 2.69. The zero-order chi connectivity index (χ0) is 11.8. The first kappa shape index (κ1) is 14.0. The van der Waals surface area contributed by atoms with Crippen molar-refractivity contribution in [1.82, 2.24) is 10.2 Å². The van der Waals surface area contributed by atoms with Crippen LogP contribution in [0.2, 0.25) is 0 Å². The molecule has 1 fully saturated rings. The van der Waals surface area contributed by atoms with Crippen LogP contribution in [0.25, 0.3) is 0 Å². The molecule has 0 spiro atoms. The molecule has 0 aromatic heterocycles. The molecule has 2 heteroatoms. The maximum atomic E-state index is 3.45. The normalized spacial score (nSPS) is 18.6. The van der Waals surface area contributed by atoms with Gasteiger partial charge in [0.1, 0.15) is 0 Å². The number of nitrogens with one attached hydrogen (secondary N) is 1. The second-order valence-corrected chi connectivity index (χ2v) is 5.68. The highest BCUT2D eigenvalue weighted by molar-refractivity contribution is 4.72. The largest absolute Gasteiger partial charge is 0.317 e. The fourth-order valence-corrected chi connectivity index (χ4v) is 2.48. The van der Waals surface area contributed by atoms with Gasteiger partial charge in [-0.05, 0) is 63.7 Å². The lowest BCUT2D eigenvalue weighted by molar-refractivity contribution is 0.197. The molecule has 2 nitrogen and oxygen atoms in total. The first-order chi connectivity index (χ1) is 7.72. The summed E-state index contributed by atoms with van der Waals surface area (Å²) in [5.74, 6) is 1.78. The molecule has 96 valence electrons. The van der Waals surface area contributed by atoms with Crippen LogP contribution in [-0.4, -0.2) is 37.6 Å². The highest BCUT2D eigenvalue weighted by atomic mass is 15.1. The number of hydrogen-bond donors (Lipinski definition) is 1. The summed E-state index contributed by atoms with van der Waals surface area (Å²) >= 11 is 0. The van der Waals surface area contributed by atoms with E-state index in [0.29, 0.717) is 0 Å². The summed E-state index contributed by atoms with van der Waals surface area (Å²) in [5, 5.41) is 3.45. The number of hydrogen-bond acceptors (Lipinski definition) is 2. The van der Waals surface area contributed by atoms with E-state index >= 15 is 0 Å². The van der Waals surface area contributed by atoms with Gasteiger partial charge in [0.05, 0.1) is 0 Å². The Hall–Kier alpha value is -0.0800. The Bertz CT molecular complexity index is 162. The molecular formula is C14H30N2. The second kappa shape index (κ2) is 8.08. The van der Waals surface area contributed by atoms with Gasteiger partial charge in [-0.3, -0.25) is 0 Å². The lowest BCUT2D eigenvalue weighted by atomic mass is 9.97. The second-order valence-electron chi connectivity index (χ2n) is 5.68. The molecular weight excluding hydrogens is 196 g/mol. The first-order valence-electron chi connectivity index (χ1n) is 7.15. The van der Waals surface area contributed by atoms with Gasteiger partial charge in [0.15, 0.2) is 0 Å². The van der Waals surface area contributed by atoms with Crippen LogP contribution in [0.4, 0.5) is 0 Å². The van der Waals surface area contributed by atoms with Crippen LogP contribution < -0.4 is 5.32 Å². The standard InChI is InChI=1S/C14H30N2/c1-4-10-16(11-7-13(2)3)12-14-5-8-15-9-6-14/h13-15H,4-12H2,1-3H3. The van der Waals surface area contributed by atoms with Crippen molar-refractivity contribution in [2.24, 2.45) is 11.8 Å². The van der Waals surface area contributed by atoms with E-state index in [1.54, 1.807) is 0 Å². The number of nitrogens with zero attached hydrogens (tertiary/aromatic N) is 1. The van der Waals surface area contributed by atoms with Crippen molar-refractivity contribution in [1.29, 1.82) is 0 Å². The van der Waals surface area contributed by atoms with Crippen LogP contribution in [0.1, 0.15) is 46.5 Å². The van der Waals surface area contributed by atoms with Crippen LogP contribution in [0.5, 0.6) is 0 Å². The lowest BCUT2D eigenvalue weighted by Gasteiger charge is -2.30. The highest BCUT2D eigenvalue weighted by Crippen LogP contribution is 2.14. The smallest absolute Gasteiger partial charge is 0.00106 e. The quantitative estimate of drug-likeness (QED) is 0.718. The average Bonchev–Trinajstić information content (AvgIpc) is 2.27. The molecule has 0 radical (unpaired) electrons. The summed E-state index contributed by atoms with van der Waals surface area (Å²) in [7, 11) is 0. The van der Waals surface area contributed by atoms with Gasteiger partial charge in [0, 0.05) is 6.54 Å². The zero-order valence-electron chi connectivity index (χ0n) is 11.5. The molecule has 1 N–H and O–H groups in total. The molecule has 0 saturated carbocycles. The van der Waals surface area contributed by atoms with Crippen molar-refractivity contribution < 1.29 is 0 Å². The van der Waals surface area contributed by atoms with Gasteiger partial charge < -0.3 is 10.2 Å². The van der Waals surface area contributed by atoms with Gasteiger partial charge in [-0.25, -0.2) is 0 Å². The van der Waals surface area contributed by atoms with Gasteiger partial charge >= 0.3 is 0 Å². The molecule has 0 aromatic rings. The molecule has 0 aliphatic carbocycles. The van der Waals surface area contributed by atoms with Crippen molar-refractivity contribution in [2.45, 2.75) is 46.5 Å². The third-order valence-corrected chi connectivity index (χ3v) is 3.54. The summed E-state index contributed by atoms with van der Waals surface area (Å²) < 4.78 is 0. The van der Waals surface area contributed by atoms with Crippen LogP contribution in [0.15, 0.2) is 0 Å². The van der Waals surface area contributed by atoms with Crippen molar-refractivity contribution >= 4 is 0 Å². The van der Waals surface area contributed by atoms with Crippen LogP contribution in [0, 0.1) is 11.8 Å². The minimum atomic E-state index is 0.840. The Morgan fingerprint density at radius 1 is 1.19 bits per heavy atom. The fraction of sp³-hybridized carbons (Fsp3) is 1.00. The predicted molar refractivity (Wildman–Crippen MR) is 71.8 cm³/mol. The van der Waals surface area contributed by atoms with Gasteiger partial charge in [0.2, 0.25) is 0 Å². The van der Waals surface area contributed by atoms with Crippen LogP contribution in [0.3, 0.4) is 0 Å². The fourth-order valence-electron chi connectivity index (χ4n) is 2.48. The van der Waals surface area contributed by atoms with E-state index in [4.69, 9.17) is 0 Å².